The topological polar surface area (TPSA) is 66.6 Å². The van der Waals surface area contributed by atoms with Crippen LogP contribution >= 0.6 is 0 Å². The summed E-state index contributed by atoms with van der Waals surface area (Å²) in [5.41, 5.74) is 6.03. The van der Waals surface area contributed by atoms with Crippen molar-refractivity contribution in [3.05, 3.63) is 41.7 Å². The number of carbonyl (C=O) groups is 2. The molecule has 0 unspecified atom stereocenters. The van der Waals surface area contributed by atoms with Gasteiger partial charge in [0.05, 0.1) is 6.04 Å². The van der Waals surface area contributed by atoms with Crippen molar-refractivity contribution >= 4 is 17.9 Å². The Morgan fingerprint density at radius 3 is 2.61 bits per heavy atom. The summed E-state index contributed by atoms with van der Waals surface area (Å²) in [7, 11) is 0. The Morgan fingerprint density at radius 1 is 1.30 bits per heavy atom. The summed E-state index contributed by atoms with van der Waals surface area (Å²) in [6, 6.07) is 5.92. The normalized spacial score (nSPS) is 17.4. The first-order valence-corrected chi connectivity index (χ1v) is 7.70. The van der Waals surface area contributed by atoms with Gasteiger partial charge < -0.3 is 10.6 Å². The number of nitrogens with two attached hydrogens (primary N) is 1. The van der Waals surface area contributed by atoms with Gasteiger partial charge in [-0.3, -0.25) is 14.5 Å². The van der Waals surface area contributed by atoms with Crippen molar-refractivity contribution in [3.8, 4) is 0 Å². The van der Waals surface area contributed by atoms with E-state index in [9.17, 15) is 14.0 Å². The lowest BCUT2D eigenvalue weighted by Gasteiger charge is -2.36. The molecule has 1 heterocycles. The van der Waals surface area contributed by atoms with Crippen molar-refractivity contribution in [1.82, 2.24) is 9.80 Å². The Balaban J connectivity index is 1.80. The molecule has 1 aromatic carbocycles. The molecular weight excluding hydrogens is 297 g/mol. The van der Waals surface area contributed by atoms with Crippen LogP contribution in [0.15, 0.2) is 30.3 Å². The van der Waals surface area contributed by atoms with E-state index in [1.54, 1.807) is 36.1 Å². The van der Waals surface area contributed by atoms with Crippen LogP contribution in [0.4, 0.5) is 4.39 Å². The molecule has 1 aliphatic rings. The fourth-order valence-electron chi connectivity index (χ4n) is 2.57. The average Bonchev–Trinajstić information content (AvgIpc) is 2.54. The molecule has 124 valence electrons. The molecule has 2 rings (SSSR count). The number of benzene rings is 1. The van der Waals surface area contributed by atoms with E-state index in [2.05, 4.69) is 0 Å². The highest BCUT2D eigenvalue weighted by atomic mass is 19.1. The summed E-state index contributed by atoms with van der Waals surface area (Å²) in [4.78, 5) is 27.1. The number of piperazine rings is 1. The standard InChI is InChI=1S/C17H22FN3O2/c1-13(17(19)23)20-8-10-21(11-9-20)16(22)7-3-5-14-4-2-6-15(18)12-14/h2-6,12-13H,7-11H2,1H3,(H2,19,23)/b5-3+/t13-/m0/s1. The second-order valence-corrected chi connectivity index (χ2v) is 5.66. The molecule has 0 saturated carbocycles. The van der Waals surface area contributed by atoms with Gasteiger partial charge >= 0.3 is 0 Å². The zero-order chi connectivity index (χ0) is 16.8. The minimum Gasteiger partial charge on any atom is -0.368 e. The van der Waals surface area contributed by atoms with Gasteiger partial charge in [-0.05, 0) is 24.6 Å². The molecule has 0 aromatic heterocycles. The predicted octanol–water partition coefficient (Wildman–Crippen LogP) is 1.25. The van der Waals surface area contributed by atoms with Gasteiger partial charge in [-0.2, -0.15) is 0 Å². The zero-order valence-electron chi connectivity index (χ0n) is 13.2. The quantitative estimate of drug-likeness (QED) is 0.888. The third kappa shape index (κ3) is 4.89. The van der Waals surface area contributed by atoms with E-state index in [0.717, 1.165) is 5.56 Å². The molecule has 6 heteroatoms. The van der Waals surface area contributed by atoms with Crippen LogP contribution in [0.25, 0.3) is 6.08 Å². The van der Waals surface area contributed by atoms with Crippen LogP contribution < -0.4 is 5.73 Å². The molecule has 1 aromatic rings. The maximum atomic E-state index is 13.1. The van der Waals surface area contributed by atoms with Crippen LogP contribution in [0.5, 0.6) is 0 Å². The van der Waals surface area contributed by atoms with Crippen LogP contribution in [-0.2, 0) is 9.59 Å². The SMILES string of the molecule is C[C@@H](C(N)=O)N1CCN(C(=O)C/C=C/c2cccc(F)c2)CC1. The molecule has 1 aliphatic heterocycles. The van der Waals surface area contributed by atoms with Gasteiger partial charge in [-0.15, -0.1) is 0 Å². The summed E-state index contributed by atoms with van der Waals surface area (Å²) in [6.45, 7) is 4.24. The van der Waals surface area contributed by atoms with Gasteiger partial charge in [-0.25, -0.2) is 4.39 Å². The largest absolute Gasteiger partial charge is 0.368 e. The highest BCUT2D eigenvalue weighted by molar-refractivity contribution is 5.80. The second-order valence-electron chi connectivity index (χ2n) is 5.66. The maximum Gasteiger partial charge on any atom is 0.234 e. The van der Waals surface area contributed by atoms with Crippen LogP contribution in [0, 0.1) is 5.82 Å². The van der Waals surface area contributed by atoms with E-state index in [1.807, 2.05) is 4.90 Å². The molecule has 0 spiro atoms. The fraction of sp³-hybridized carbons (Fsp3) is 0.412. The Morgan fingerprint density at radius 2 is 2.00 bits per heavy atom. The first-order chi connectivity index (χ1) is 11.0. The molecule has 23 heavy (non-hydrogen) atoms. The zero-order valence-corrected chi connectivity index (χ0v) is 13.2. The molecule has 1 atom stereocenters. The Labute approximate surface area is 135 Å². The van der Waals surface area contributed by atoms with Crippen LogP contribution in [-0.4, -0.2) is 53.8 Å². The molecule has 1 fully saturated rings. The highest BCUT2D eigenvalue weighted by Gasteiger charge is 2.25. The fourth-order valence-corrected chi connectivity index (χ4v) is 2.57. The van der Waals surface area contributed by atoms with Gasteiger partial charge in [0.1, 0.15) is 5.82 Å². The van der Waals surface area contributed by atoms with Crippen LogP contribution in [0.2, 0.25) is 0 Å². The molecule has 2 N–H and O–H groups in total. The summed E-state index contributed by atoms with van der Waals surface area (Å²) in [5, 5.41) is 0. The predicted molar refractivity (Wildman–Crippen MR) is 86.9 cm³/mol. The van der Waals surface area contributed by atoms with Gasteiger partial charge in [0.15, 0.2) is 0 Å². The third-order valence-corrected chi connectivity index (χ3v) is 4.08. The van der Waals surface area contributed by atoms with Crippen molar-refractivity contribution < 1.29 is 14.0 Å². The van der Waals surface area contributed by atoms with Gasteiger partial charge in [-0.1, -0.05) is 24.3 Å². The maximum absolute atomic E-state index is 13.1. The number of amides is 2. The van der Waals surface area contributed by atoms with Crippen LogP contribution in [0.1, 0.15) is 18.9 Å². The summed E-state index contributed by atoms with van der Waals surface area (Å²) >= 11 is 0. The van der Waals surface area contributed by atoms with E-state index >= 15 is 0 Å². The van der Waals surface area contributed by atoms with Gasteiger partial charge in [0.25, 0.3) is 0 Å². The van der Waals surface area contributed by atoms with Crippen molar-refractivity contribution in [1.29, 1.82) is 0 Å². The van der Waals surface area contributed by atoms with Crippen molar-refractivity contribution in [2.75, 3.05) is 26.2 Å². The molecule has 0 radical (unpaired) electrons. The average molecular weight is 319 g/mol. The van der Waals surface area contributed by atoms with E-state index in [-0.39, 0.29) is 30.1 Å². The van der Waals surface area contributed by atoms with E-state index in [0.29, 0.717) is 26.2 Å². The number of hydrogen-bond acceptors (Lipinski definition) is 3. The van der Waals surface area contributed by atoms with Crippen molar-refractivity contribution in [2.45, 2.75) is 19.4 Å². The number of primary amides is 1. The highest BCUT2D eigenvalue weighted by Crippen LogP contribution is 2.09. The summed E-state index contributed by atoms with van der Waals surface area (Å²) < 4.78 is 13.1. The monoisotopic (exact) mass is 319 g/mol. The molecule has 2 amide bonds. The lowest BCUT2D eigenvalue weighted by Crippen LogP contribution is -2.54. The third-order valence-electron chi connectivity index (χ3n) is 4.08. The minimum absolute atomic E-state index is 0.0315. The first-order valence-electron chi connectivity index (χ1n) is 7.70. The summed E-state index contributed by atoms with van der Waals surface area (Å²) in [5.74, 6) is -0.606. The smallest absolute Gasteiger partial charge is 0.234 e. The Kier molecular flexibility index (Phi) is 5.87. The second kappa shape index (κ2) is 7.87. The van der Waals surface area contributed by atoms with Crippen molar-refractivity contribution in [2.24, 2.45) is 5.73 Å². The number of hydrogen-bond donors (Lipinski definition) is 1. The Bertz CT molecular complexity index is 595. The van der Waals surface area contributed by atoms with Crippen molar-refractivity contribution in [3.63, 3.8) is 0 Å². The van der Waals surface area contributed by atoms with E-state index in [4.69, 9.17) is 5.73 Å². The first kappa shape index (κ1) is 17.1. The number of rotatable bonds is 5. The summed E-state index contributed by atoms with van der Waals surface area (Å²) in [6.07, 6.45) is 3.77. The number of halogens is 1. The van der Waals surface area contributed by atoms with E-state index < -0.39 is 0 Å². The number of nitrogens with zero attached hydrogens (tertiary/aromatic N) is 2. The van der Waals surface area contributed by atoms with E-state index in [1.165, 1.54) is 12.1 Å². The molecular formula is C17H22FN3O2. The molecule has 0 bridgehead atoms. The van der Waals surface area contributed by atoms with Gasteiger partial charge in [0, 0.05) is 32.6 Å². The van der Waals surface area contributed by atoms with Gasteiger partial charge in [0.2, 0.25) is 11.8 Å². The molecule has 5 nitrogen and oxygen atoms in total. The molecule has 0 aliphatic carbocycles. The van der Waals surface area contributed by atoms with Crippen LogP contribution in [0.3, 0.4) is 0 Å². The number of carbonyl (C=O) groups excluding carboxylic acids is 2. The lowest BCUT2D eigenvalue weighted by molar-refractivity contribution is -0.133. The lowest BCUT2D eigenvalue weighted by atomic mass is 10.2. The minimum atomic E-state index is -0.345. The Hall–Kier alpha value is -2.21. The molecule has 1 saturated heterocycles.